The van der Waals surface area contributed by atoms with Gasteiger partial charge >= 0.3 is 0 Å². The van der Waals surface area contributed by atoms with E-state index in [0.717, 1.165) is 31.1 Å². The minimum Gasteiger partial charge on any atom is -0.307 e. The van der Waals surface area contributed by atoms with Crippen LogP contribution in [-0.2, 0) is 0 Å². The smallest absolute Gasteiger partial charge is 0.145 e. The van der Waals surface area contributed by atoms with Crippen LogP contribution in [0, 0.1) is 5.92 Å². The van der Waals surface area contributed by atoms with Crippen molar-refractivity contribution in [3.63, 3.8) is 0 Å². The largest absolute Gasteiger partial charge is 0.307 e. The van der Waals surface area contributed by atoms with Crippen molar-refractivity contribution >= 4 is 0 Å². The van der Waals surface area contributed by atoms with Crippen molar-refractivity contribution in [3.05, 3.63) is 24.3 Å². The Kier molecular flexibility index (Phi) is 8.39. The first kappa shape index (κ1) is 16.1. The Morgan fingerprint density at radius 2 is 1.84 bits per heavy atom. The van der Waals surface area contributed by atoms with E-state index in [2.05, 4.69) is 36.1 Å². The topological polar surface area (TPSA) is 37.8 Å². The third-order valence-electron chi connectivity index (χ3n) is 3.65. The summed E-state index contributed by atoms with van der Waals surface area (Å²) in [5, 5.41) is 3.60. The van der Waals surface area contributed by atoms with E-state index >= 15 is 0 Å². The summed E-state index contributed by atoms with van der Waals surface area (Å²) in [6.07, 6.45) is 11.2. The Morgan fingerprint density at radius 3 is 2.42 bits per heavy atom. The van der Waals surface area contributed by atoms with Gasteiger partial charge in [0.1, 0.15) is 5.82 Å². The predicted molar refractivity (Wildman–Crippen MR) is 81.0 cm³/mol. The van der Waals surface area contributed by atoms with Crippen LogP contribution in [0.3, 0.4) is 0 Å². The number of nitrogens with zero attached hydrogens (tertiary/aromatic N) is 2. The molecule has 1 N–H and O–H groups in total. The van der Waals surface area contributed by atoms with E-state index in [0.29, 0.717) is 6.04 Å². The van der Waals surface area contributed by atoms with Crippen LogP contribution in [0.15, 0.2) is 18.5 Å². The molecule has 0 amide bonds. The zero-order chi connectivity index (χ0) is 13.9. The Hall–Kier alpha value is -0.960. The van der Waals surface area contributed by atoms with Gasteiger partial charge in [-0.25, -0.2) is 9.97 Å². The summed E-state index contributed by atoms with van der Waals surface area (Å²) in [5.41, 5.74) is 0. The Balaban J connectivity index is 2.62. The van der Waals surface area contributed by atoms with Crippen LogP contribution >= 0.6 is 0 Å². The minimum atomic E-state index is 0.308. The van der Waals surface area contributed by atoms with E-state index in [1.165, 1.54) is 25.7 Å². The molecule has 1 rings (SSSR count). The van der Waals surface area contributed by atoms with E-state index in [9.17, 15) is 0 Å². The fraction of sp³-hybridized carbons (Fsp3) is 0.750. The van der Waals surface area contributed by atoms with Gasteiger partial charge in [-0.2, -0.15) is 0 Å². The van der Waals surface area contributed by atoms with Crippen LogP contribution < -0.4 is 5.32 Å². The zero-order valence-electron chi connectivity index (χ0n) is 12.7. The molecule has 2 atom stereocenters. The van der Waals surface area contributed by atoms with Gasteiger partial charge in [-0.1, -0.05) is 46.5 Å². The van der Waals surface area contributed by atoms with Gasteiger partial charge in [0.05, 0.1) is 6.04 Å². The maximum atomic E-state index is 4.43. The average Bonchev–Trinajstić information content (AvgIpc) is 2.47. The Labute approximate surface area is 118 Å². The molecular weight excluding hydrogens is 234 g/mol. The van der Waals surface area contributed by atoms with Crippen LogP contribution in [0.5, 0.6) is 0 Å². The van der Waals surface area contributed by atoms with Gasteiger partial charge in [0.2, 0.25) is 0 Å². The summed E-state index contributed by atoms with van der Waals surface area (Å²) in [5.74, 6) is 1.73. The fourth-order valence-corrected chi connectivity index (χ4v) is 2.40. The summed E-state index contributed by atoms with van der Waals surface area (Å²) in [4.78, 5) is 8.85. The van der Waals surface area contributed by atoms with E-state index in [1.54, 1.807) is 0 Å². The first-order chi connectivity index (χ1) is 9.31. The quantitative estimate of drug-likeness (QED) is 0.690. The third-order valence-corrected chi connectivity index (χ3v) is 3.65. The number of hydrogen-bond donors (Lipinski definition) is 1. The molecule has 0 bridgehead atoms. The highest BCUT2D eigenvalue weighted by molar-refractivity contribution is 4.96. The second-order valence-electron chi connectivity index (χ2n) is 5.27. The van der Waals surface area contributed by atoms with Crippen molar-refractivity contribution in [2.24, 2.45) is 5.92 Å². The lowest BCUT2D eigenvalue weighted by Gasteiger charge is -2.22. The van der Waals surface area contributed by atoms with Gasteiger partial charge in [-0.05, 0) is 31.4 Å². The van der Waals surface area contributed by atoms with E-state index in [-0.39, 0.29) is 0 Å². The molecule has 1 aromatic rings. The molecule has 19 heavy (non-hydrogen) atoms. The predicted octanol–water partition coefficient (Wildman–Crippen LogP) is 4.12. The second kappa shape index (κ2) is 9.90. The summed E-state index contributed by atoms with van der Waals surface area (Å²) in [7, 11) is 0. The lowest BCUT2D eigenvalue weighted by atomic mass is 9.91. The SMILES string of the molecule is CCCCC(CC)CC(NCCC)c1ncccn1. The molecule has 0 aromatic carbocycles. The molecule has 0 aliphatic heterocycles. The fourth-order valence-electron chi connectivity index (χ4n) is 2.40. The lowest BCUT2D eigenvalue weighted by molar-refractivity contribution is 0.345. The van der Waals surface area contributed by atoms with Gasteiger partial charge < -0.3 is 5.32 Å². The summed E-state index contributed by atoms with van der Waals surface area (Å²) < 4.78 is 0. The first-order valence-corrected chi connectivity index (χ1v) is 7.82. The van der Waals surface area contributed by atoms with E-state index in [4.69, 9.17) is 0 Å². The Bertz CT molecular complexity index is 313. The van der Waals surface area contributed by atoms with Crippen molar-refractivity contribution in [2.45, 2.75) is 65.3 Å². The number of rotatable bonds is 10. The maximum Gasteiger partial charge on any atom is 0.145 e. The molecule has 0 spiro atoms. The van der Waals surface area contributed by atoms with Crippen LogP contribution in [0.1, 0.15) is 71.2 Å². The normalized spacial score (nSPS) is 14.3. The number of nitrogens with one attached hydrogen (secondary N) is 1. The molecule has 1 heterocycles. The molecule has 0 aliphatic rings. The van der Waals surface area contributed by atoms with Crippen molar-refractivity contribution < 1.29 is 0 Å². The van der Waals surface area contributed by atoms with Crippen molar-refractivity contribution in [1.82, 2.24) is 15.3 Å². The van der Waals surface area contributed by atoms with Gasteiger partial charge in [-0.15, -0.1) is 0 Å². The molecule has 0 saturated carbocycles. The van der Waals surface area contributed by atoms with Gasteiger partial charge in [0.25, 0.3) is 0 Å². The third kappa shape index (κ3) is 6.15. The van der Waals surface area contributed by atoms with Gasteiger partial charge in [0, 0.05) is 12.4 Å². The summed E-state index contributed by atoms with van der Waals surface area (Å²) in [6.45, 7) is 7.79. The Morgan fingerprint density at radius 1 is 1.11 bits per heavy atom. The molecule has 0 aliphatic carbocycles. The van der Waals surface area contributed by atoms with E-state index < -0.39 is 0 Å². The molecule has 2 unspecified atom stereocenters. The highest BCUT2D eigenvalue weighted by Gasteiger charge is 2.18. The molecule has 0 fully saturated rings. The van der Waals surface area contributed by atoms with Crippen LogP contribution in [-0.4, -0.2) is 16.5 Å². The summed E-state index contributed by atoms with van der Waals surface area (Å²) in [6, 6.07) is 2.19. The second-order valence-corrected chi connectivity index (χ2v) is 5.27. The van der Waals surface area contributed by atoms with Crippen LogP contribution in [0.25, 0.3) is 0 Å². The van der Waals surface area contributed by atoms with Crippen molar-refractivity contribution in [2.75, 3.05) is 6.54 Å². The number of hydrogen-bond acceptors (Lipinski definition) is 3. The molecule has 1 aromatic heterocycles. The molecule has 108 valence electrons. The molecule has 3 nitrogen and oxygen atoms in total. The highest BCUT2D eigenvalue weighted by atomic mass is 15.0. The summed E-state index contributed by atoms with van der Waals surface area (Å²) >= 11 is 0. The number of unbranched alkanes of at least 4 members (excludes halogenated alkanes) is 1. The molecule has 0 saturated heterocycles. The molecule has 0 radical (unpaired) electrons. The van der Waals surface area contributed by atoms with Crippen molar-refractivity contribution in [1.29, 1.82) is 0 Å². The maximum absolute atomic E-state index is 4.43. The van der Waals surface area contributed by atoms with Gasteiger partial charge in [-0.3, -0.25) is 0 Å². The van der Waals surface area contributed by atoms with E-state index in [1.807, 2.05) is 18.5 Å². The van der Waals surface area contributed by atoms with Crippen molar-refractivity contribution in [3.8, 4) is 0 Å². The zero-order valence-corrected chi connectivity index (χ0v) is 12.7. The first-order valence-electron chi connectivity index (χ1n) is 7.82. The minimum absolute atomic E-state index is 0.308. The van der Waals surface area contributed by atoms with Crippen LogP contribution in [0.2, 0.25) is 0 Å². The lowest BCUT2D eigenvalue weighted by Crippen LogP contribution is -2.26. The monoisotopic (exact) mass is 263 g/mol. The molecular formula is C16H29N3. The van der Waals surface area contributed by atoms with Gasteiger partial charge in [0.15, 0.2) is 0 Å². The highest BCUT2D eigenvalue weighted by Crippen LogP contribution is 2.24. The standard InChI is InChI=1S/C16H29N3/c1-4-7-9-14(6-3)13-15(17-10-5-2)16-18-11-8-12-19-16/h8,11-12,14-15,17H,4-7,9-10,13H2,1-3H3. The van der Waals surface area contributed by atoms with Crippen LogP contribution in [0.4, 0.5) is 0 Å². The number of aromatic nitrogens is 2. The molecule has 3 heteroatoms. The average molecular weight is 263 g/mol.